The van der Waals surface area contributed by atoms with Crippen molar-refractivity contribution in [2.24, 2.45) is 5.41 Å². The normalized spacial score (nSPS) is 18.9. The van der Waals surface area contributed by atoms with E-state index in [1.165, 1.54) is 0 Å². The fourth-order valence-corrected chi connectivity index (χ4v) is 2.37. The van der Waals surface area contributed by atoms with Gasteiger partial charge in [0, 0.05) is 0 Å². The van der Waals surface area contributed by atoms with E-state index in [2.05, 4.69) is 4.74 Å². The second kappa shape index (κ2) is 5.81. The molecule has 1 rings (SSSR count). The van der Waals surface area contributed by atoms with Crippen molar-refractivity contribution in [3.63, 3.8) is 0 Å². The second-order valence-electron chi connectivity index (χ2n) is 4.92. The lowest BCUT2D eigenvalue weighted by Gasteiger charge is -2.35. The quantitative estimate of drug-likeness (QED) is 0.571. The van der Waals surface area contributed by atoms with Crippen LogP contribution in [0.25, 0.3) is 0 Å². The van der Waals surface area contributed by atoms with Gasteiger partial charge in [-0.3, -0.25) is 4.79 Å². The van der Waals surface area contributed by atoms with E-state index in [0.29, 0.717) is 32.6 Å². The Morgan fingerprint density at radius 1 is 1.00 bits per heavy atom. The molecule has 0 N–H and O–H groups in total. The maximum absolute atomic E-state index is 12.9. The number of carbonyl (C=O) groups excluding carboxylic acids is 1. The van der Waals surface area contributed by atoms with Gasteiger partial charge in [-0.25, -0.2) is 0 Å². The fourth-order valence-electron chi connectivity index (χ4n) is 2.37. The molecule has 8 heteroatoms. The maximum atomic E-state index is 12.9. The van der Waals surface area contributed by atoms with Crippen LogP contribution in [0.2, 0.25) is 0 Å². The molecule has 0 aromatic carbocycles. The summed E-state index contributed by atoms with van der Waals surface area (Å²) in [6.45, 7) is 0.684. The Morgan fingerprint density at radius 3 is 1.80 bits per heavy atom. The van der Waals surface area contributed by atoms with Crippen LogP contribution in [0, 0.1) is 5.41 Å². The van der Waals surface area contributed by atoms with Crippen LogP contribution < -0.4 is 0 Å². The van der Waals surface area contributed by atoms with Gasteiger partial charge >= 0.3 is 18.3 Å². The molecule has 0 unspecified atom stereocenters. The van der Waals surface area contributed by atoms with E-state index in [4.69, 9.17) is 0 Å². The molecule has 0 radical (unpaired) electrons. The van der Waals surface area contributed by atoms with Crippen molar-refractivity contribution < 1.29 is 35.9 Å². The zero-order valence-corrected chi connectivity index (χ0v) is 10.9. The van der Waals surface area contributed by atoms with Crippen molar-refractivity contribution in [1.82, 2.24) is 0 Å². The molecule has 0 heterocycles. The summed E-state index contributed by atoms with van der Waals surface area (Å²) in [6.07, 6.45) is -11.0. The largest absolute Gasteiger partial charge is 0.461 e. The van der Waals surface area contributed by atoms with Crippen LogP contribution >= 0.6 is 0 Å². The summed E-state index contributed by atoms with van der Waals surface area (Å²) in [5.41, 5.74) is -4.43. The average molecular weight is 306 g/mol. The molecule has 2 nitrogen and oxygen atoms in total. The Bertz CT molecular complexity index is 327. The highest BCUT2D eigenvalue weighted by atomic mass is 19.4. The number of esters is 1. The number of ether oxygens (including phenoxy) is 1. The molecule has 0 atom stereocenters. The summed E-state index contributed by atoms with van der Waals surface area (Å²) in [6, 6.07) is 0. The Kier molecular flexibility index (Phi) is 4.97. The first-order valence-corrected chi connectivity index (χ1v) is 6.41. The third-order valence-electron chi connectivity index (χ3n) is 3.67. The van der Waals surface area contributed by atoms with Crippen LogP contribution in [-0.4, -0.2) is 24.4 Å². The van der Waals surface area contributed by atoms with Gasteiger partial charge in [-0.2, -0.15) is 26.3 Å². The lowest BCUT2D eigenvalue weighted by atomic mass is 9.83. The minimum Gasteiger partial charge on any atom is -0.461 e. The predicted octanol–water partition coefficient (Wildman–Crippen LogP) is 4.38. The van der Waals surface area contributed by atoms with Gasteiger partial charge in [-0.15, -0.1) is 0 Å². The number of alkyl halides is 6. The molecule has 0 spiro atoms. The first kappa shape index (κ1) is 17.1. The standard InChI is InChI=1S/C12H16F6O2/c1-2-10(11(13,14)15,12(16,17)18)9(19)20-8-6-4-3-5-7-8/h8H,2-7H2,1H3. The third kappa shape index (κ3) is 3.03. The molecule has 20 heavy (non-hydrogen) atoms. The number of rotatable bonds is 3. The van der Waals surface area contributed by atoms with Crippen molar-refractivity contribution in [2.75, 3.05) is 0 Å². The summed E-state index contributed by atoms with van der Waals surface area (Å²) < 4.78 is 81.7. The highest BCUT2D eigenvalue weighted by Gasteiger charge is 2.75. The van der Waals surface area contributed by atoms with Crippen LogP contribution in [0.3, 0.4) is 0 Å². The lowest BCUT2D eigenvalue weighted by Crippen LogP contribution is -2.56. The molecule has 0 aromatic rings. The first-order valence-electron chi connectivity index (χ1n) is 6.41. The van der Waals surface area contributed by atoms with Crippen LogP contribution in [0.15, 0.2) is 0 Å². The zero-order valence-electron chi connectivity index (χ0n) is 10.9. The monoisotopic (exact) mass is 306 g/mol. The highest BCUT2D eigenvalue weighted by molar-refractivity contribution is 5.79. The van der Waals surface area contributed by atoms with Gasteiger partial charge in [0.1, 0.15) is 6.10 Å². The summed E-state index contributed by atoms with van der Waals surface area (Å²) in [5.74, 6) is -2.23. The van der Waals surface area contributed by atoms with E-state index in [1.54, 1.807) is 0 Å². The smallest absolute Gasteiger partial charge is 0.413 e. The molecular formula is C12H16F6O2. The van der Waals surface area contributed by atoms with E-state index in [9.17, 15) is 31.1 Å². The van der Waals surface area contributed by atoms with E-state index < -0.39 is 36.3 Å². The van der Waals surface area contributed by atoms with Gasteiger partial charge in [-0.05, 0) is 32.1 Å². The van der Waals surface area contributed by atoms with E-state index >= 15 is 0 Å². The fraction of sp³-hybridized carbons (Fsp3) is 0.917. The van der Waals surface area contributed by atoms with Crippen molar-refractivity contribution >= 4 is 5.97 Å². The average Bonchev–Trinajstić information content (AvgIpc) is 2.27. The number of carbonyl (C=O) groups is 1. The van der Waals surface area contributed by atoms with Gasteiger partial charge in [0.15, 0.2) is 0 Å². The van der Waals surface area contributed by atoms with Gasteiger partial charge in [0.05, 0.1) is 0 Å². The number of hydrogen-bond acceptors (Lipinski definition) is 2. The Balaban J connectivity index is 3.01. The summed E-state index contributed by atoms with van der Waals surface area (Å²) in [4.78, 5) is 11.6. The van der Waals surface area contributed by atoms with Crippen molar-refractivity contribution in [1.29, 1.82) is 0 Å². The molecular weight excluding hydrogens is 290 g/mol. The molecule has 0 amide bonds. The van der Waals surface area contributed by atoms with Gasteiger partial charge < -0.3 is 4.74 Å². The highest BCUT2D eigenvalue weighted by Crippen LogP contribution is 2.53. The van der Waals surface area contributed by atoms with Crippen LogP contribution in [0.5, 0.6) is 0 Å². The van der Waals surface area contributed by atoms with Crippen molar-refractivity contribution in [3.8, 4) is 0 Å². The maximum Gasteiger partial charge on any atom is 0.413 e. The van der Waals surface area contributed by atoms with Gasteiger partial charge in [0.2, 0.25) is 0 Å². The number of halogens is 6. The van der Waals surface area contributed by atoms with Crippen molar-refractivity contribution in [2.45, 2.75) is 63.9 Å². The summed E-state index contributed by atoms with van der Waals surface area (Å²) in [5, 5.41) is 0. The Labute approximate surface area is 112 Å². The third-order valence-corrected chi connectivity index (χ3v) is 3.67. The van der Waals surface area contributed by atoms with E-state index in [-0.39, 0.29) is 0 Å². The number of hydrogen-bond donors (Lipinski definition) is 0. The Morgan fingerprint density at radius 2 is 1.45 bits per heavy atom. The molecule has 1 saturated carbocycles. The molecule has 0 saturated heterocycles. The molecule has 0 aliphatic heterocycles. The topological polar surface area (TPSA) is 26.3 Å². The minimum absolute atomic E-state index is 0.307. The van der Waals surface area contributed by atoms with E-state index in [1.807, 2.05) is 0 Å². The Hall–Kier alpha value is -0.950. The summed E-state index contributed by atoms with van der Waals surface area (Å²) >= 11 is 0. The van der Waals surface area contributed by atoms with E-state index in [0.717, 1.165) is 6.42 Å². The first-order chi connectivity index (χ1) is 9.06. The van der Waals surface area contributed by atoms with Crippen LogP contribution in [0.4, 0.5) is 26.3 Å². The molecule has 1 fully saturated rings. The van der Waals surface area contributed by atoms with Gasteiger partial charge in [0.25, 0.3) is 5.41 Å². The van der Waals surface area contributed by atoms with Crippen LogP contribution in [-0.2, 0) is 9.53 Å². The minimum atomic E-state index is -5.73. The van der Waals surface area contributed by atoms with Crippen molar-refractivity contribution in [3.05, 3.63) is 0 Å². The second-order valence-corrected chi connectivity index (χ2v) is 4.92. The zero-order chi connectivity index (χ0) is 15.6. The molecule has 1 aliphatic rings. The summed E-state index contributed by atoms with van der Waals surface area (Å²) in [7, 11) is 0. The lowest BCUT2D eigenvalue weighted by molar-refractivity contribution is -0.334. The SMILES string of the molecule is CCC(C(=O)OC1CCCCC1)(C(F)(F)F)C(F)(F)F. The molecule has 1 aliphatic carbocycles. The van der Waals surface area contributed by atoms with Crippen LogP contribution in [0.1, 0.15) is 45.4 Å². The molecule has 0 aromatic heterocycles. The van der Waals surface area contributed by atoms with Gasteiger partial charge in [-0.1, -0.05) is 13.3 Å². The molecule has 118 valence electrons. The molecule has 0 bridgehead atoms. The predicted molar refractivity (Wildman–Crippen MR) is 57.8 cm³/mol.